The molecule has 0 fully saturated rings. The lowest BCUT2D eigenvalue weighted by molar-refractivity contribution is -0.133. The lowest BCUT2D eigenvalue weighted by atomic mass is 10.0. The highest BCUT2D eigenvalue weighted by Crippen LogP contribution is 2.17. The zero-order valence-corrected chi connectivity index (χ0v) is 18.9. The van der Waals surface area contributed by atoms with E-state index in [1.54, 1.807) is 43.3 Å². The average Bonchev–Trinajstić information content (AvgIpc) is 2.77. The second-order valence-corrected chi connectivity index (χ2v) is 7.44. The Morgan fingerprint density at radius 2 is 1.48 bits per heavy atom. The Morgan fingerprint density at radius 3 is 2.03 bits per heavy atom. The van der Waals surface area contributed by atoms with E-state index in [9.17, 15) is 9.59 Å². The molecule has 0 unspecified atom stereocenters. The van der Waals surface area contributed by atoms with E-state index in [4.69, 9.17) is 14.2 Å². The van der Waals surface area contributed by atoms with Crippen molar-refractivity contribution in [2.75, 3.05) is 33.9 Å². The van der Waals surface area contributed by atoms with Gasteiger partial charge in [-0.2, -0.15) is 0 Å². The van der Waals surface area contributed by atoms with Gasteiger partial charge in [0.1, 0.15) is 29.9 Å². The molecule has 0 aliphatic carbocycles. The van der Waals surface area contributed by atoms with Gasteiger partial charge in [-0.1, -0.05) is 13.8 Å². The first-order valence-electron chi connectivity index (χ1n) is 10.4. The zero-order chi connectivity index (χ0) is 22.8. The molecular weight excluding hydrogens is 396 g/mol. The maximum atomic E-state index is 12.9. The van der Waals surface area contributed by atoms with Crippen molar-refractivity contribution in [1.82, 2.24) is 10.2 Å². The van der Waals surface area contributed by atoms with Crippen molar-refractivity contribution >= 4 is 11.8 Å². The van der Waals surface area contributed by atoms with Gasteiger partial charge in [0.05, 0.1) is 20.3 Å². The summed E-state index contributed by atoms with van der Waals surface area (Å²) in [5, 5.41) is 2.86. The van der Waals surface area contributed by atoms with E-state index in [1.165, 1.54) is 0 Å². The van der Waals surface area contributed by atoms with Crippen LogP contribution >= 0.6 is 0 Å². The molecule has 0 aliphatic heterocycles. The molecular formula is C24H32N2O5. The molecule has 0 saturated carbocycles. The topological polar surface area (TPSA) is 77.1 Å². The van der Waals surface area contributed by atoms with E-state index >= 15 is 0 Å². The van der Waals surface area contributed by atoms with Gasteiger partial charge >= 0.3 is 0 Å². The van der Waals surface area contributed by atoms with E-state index in [2.05, 4.69) is 5.32 Å². The van der Waals surface area contributed by atoms with Crippen LogP contribution in [0.2, 0.25) is 0 Å². The predicted molar refractivity (Wildman–Crippen MR) is 120 cm³/mol. The highest BCUT2D eigenvalue weighted by atomic mass is 16.5. The van der Waals surface area contributed by atoms with Crippen molar-refractivity contribution in [2.24, 2.45) is 5.92 Å². The Morgan fingerprint density at radius 1 is 0.935 bits per heavy atom. The summed E-state index contributed by atoms with van der Waals surface area (Å²) in [6.45, 7) is 7.01. The third-order valence-corrected chi connectivity index (χ3v) is 4.78. The standard InChI is InChI=1S/C24H32N2O5/c1-6-30-20-9-7-18(8-10-20)23(27)25-22(17(2)3)24(28)26(4)15-16-31-21-13-11-19(29-5)12-14-21/h7-14,17,22H,6,15-16H2,1-5H3,(H,25,27)/t22-/m0/s1. The lowest BCUT2D eigenvalue weighted by Crippen LogP contribution is -2.50. The summed E-state index contributed by atoms with van der Waals surface area (Å²) < 4.78 is 16.2. The van der Waals surface area contributed by atoms with E-state index in [1.807, 2.05) is 45.0 Å². The monoisotopic (exact) mass is 428 g/mol. The number of benzene rings is 2. The number of amides is 2. The van der Waals surface area contributed by atoms with Crippen molar-refractivity contribution in [1.29, 1.82) is 0 Å². The zero-order valence-electron chi connectivity index (χ0n) is 18.9. The van der Waals surface area contributed by atoms with Gasteiger partial charge in [0.15, 0.2) is 0 Å². The number of nitrogens with one attached hydrogen (secondary N) is 1. The first-order chi connectivity index (χ1) is 14.8. The van der Waals surface area contributed by atoms with Crippen LogP contribution < -0.4 is 19.5 Å². The maximum absolute atomic E-state index is 12.9. The average molecular weight is 429 g/mol. The molecule has 2 amide bonds. The third kappa shape index (κ3) is 7.20. The first-order valence-corrected chi connectivity index (χ1v) is 10.4. The number of likely N-dealkylation sites (N-methyl/N-ethyl adjacent to an activating group) is 1. The summed E-state index contributed by atoms with van der Waals surface area (Å²) in [5.74, 6) is 1.63. The van der Waals surface area contributed by atoms with Gasteiger partial charge < -0.3 is 24.4 Å². The molecule has 0 heterocycles. The quantitative estimate of drug-likeness (QED) is 0.594. The number of carbonyl (C=O) groups excluding carboxylic acids is 2. The minimum atomic E-state index is -0.634. The Kier molecular flexibility index (Phi) is 9.18. The van der Waals surface area contributed by atoms with Gasteiger partial charge in [-0.05, 0) is 61.4 Å². The number of carbonyl (C=O) groups is 2. The molecule has 0 spiro atoms. The van der Waals surface area contributed by atoms with Crippen LogP contribution in [0.4, 0.5) is 0 Å². The molecule has 1 atom stereocenters. The summed E-state index contributed by atoms with van der Waals surface area (Å²) in [7, 11) is 3.31. The van der Waals surface area contributed by atoms with Crippen LogP contribution in [0, 0.1) is 5.92 Å². The number of methoxy groups -OCH3 is 1. The molecule has 0 aromatic heterocycles. The molecule has 1 N–H and O–H groups in total. The molecule has 0 saturated heterocycles. The van der Waals surface area contributed by atoms with Crippen LogP contribution in [0.1, 0.15) is 31.1 Å². The fourth-order valence-electron chi connectivity index (χ4n) is 2.93. The van der Waals surface area contributed by atoms with Crippen LogP contribution in [0.25, 0.3) is 0 Å². The van der Waals surface area contributed by atoms with Crippen molar-refractivity contribution < 1.29 is 23.8 Å². The molecule has 2 aromatic carbocycles. The lowest BCUT2D eigenvalue weighted by Gasteiger charge is -2.27. The molecule has 7 heteroatoms. The maximum Gasteiger partial charge on any atom is 0.251 e. The molecule has 2 aromatic rings. The molecule has 7 nitrogen and oxygen atoms in total. The van der Waals surface area contributed by atoms with Crippen LogP contribution in [0.5, 0.6) is 17.2 Å². The van der Waals surface area contributed by atoms with Crippen LogP contribution in [-0.4, -0.2) is 56.7 Å². The largest absolute Gasteiger partial charge is 0.497 e. The van der Waals surface area contributed by atoms with Gasteiger partial charge in [-0.15, -0.1) is 0 Å². The Hall–Kier alpha value is -3.22. The number of hydrogen-bond donors (Lipinski definition) is 1. The van der Waals surface area contributed by atoms with Gasteiger partial charge in [-0.25, -0.2) is 0 Å². The van der Waals surface area contributed by atoms with E-state index in [0.29, 0.717) is 36.8 Å². The number of rotatable bonds is 11. The van der Waals surface area contributed by atoms with Gasteiger partial charge in [0, 0.05) is 12.6 Å². The number of nitrogens with zero attached hydrogens (tertiary/aromatic N) is 1. The fourth-order valence-corrected chi connectivity index (χ4v) is 2.93. The minimum Gasteiger partial charge on any atom is -0.497 e. The highest BCUT2D eigenvalue weighted by Gasteiger charge is 2.27. The van der Waals surface area contributed by atoms with E-state index < -0.39 is 6.04 Å². The van der Waals surface area contributed by atoms with Crippen LogP contribution in [0.15, 0.2) is 48.5 Å². The summed E-state index contributed by atoms with van der Waals surface area (Å²) in [6.07, 6.45) is 0. The van der Waals surface area contributed by atoms with E-state index in [0.717, 1.165) is 5.75 Å². The second kappa shape index (κ2) is 11.8. The Bertz CT molecular complexity index is 834. The SMILES string of the molecule is CCOc1ccc(C(=O)N[C@H](C(=O)N(C)CCOc2ccc(OC)cc2)C(C)C)cc1. The third-order valence-electron chi connectivity index (χ3n) is 4.78. The van der Waals surface area contributed by atoms with Gasteiger partial charge in [0.2, 0.25) is 5.91 Å². The highest BCUT2D eigenvalue weighted by molar-refractivity contribution is 5.97. The minimum absolute atomic E-state index is 0.0656. The summed E-state index contributed by atoms with van der Waals surface area (Å²) in [5.41, 5.74) is 0.479. The molecule has 2 rings (SSSR count). The number of hydrogen-bond acceptors (Lipinski definition) is 5. The summed E-state index contributed by atoms with van der Waals surface area (Å²) in [4.78, 5) is 27.2. The van der Waals surface area contributed by atoms with Crippen LogP contribution in [-0.2, 0) is 4.79 Å². The normalized spacial score (nSPS) is 11.5. The molecule has 0 aliphatic rings. The molecule has 31 heavy (non-hydrogen) atoms. The van der Waals surface area contributed by atoms with Crippen molar-refractivity contribution in [3.05, 3.63) is 54.1 Å². The second-order valence-electron chi connectivity index (χ2n) is 7.44. The van der Waals surface area contributed by atoms with E-state index in [-0.39, 0.29) is 17.7 Å². The molecule has 0 bridgehead atoms. The summed E-state index contributed by atoms with van der Waals surface area (Å²) in [6, 6.07) is 13.5. The first kappa shape index (κ1) is 24.1. The van der Waals surface area contributed by atoms with Crippen molar-refractivity contribution in [3.63, 3.8) is 0 Å². The predicted octanol–water partition coefficient (Wildman–Crippen LogP) is 3.39. The van der Waals surface area contributed by atoms with Crippen molar-refractivity contribution in [3.8, 4) is 17.2 Å². The van der Waals surface area contributed by atoms with Gasteiger partial charge in [-0.3, -0.25) is 9.59 Å². The molecule has 0 radical (unpaired) electrons. The van der Waals surface area contributed by atoms with Gasteiger partial charge in [0.25, 0.3) is 5.91 Å². The smallest absolute Gasteiger partial charge is 0.251 e. The van der Waals surface area contributed by atoms with Crippen molar-refractivity contribution in [2.45, 2.75) is 26.8 Å². The number of ether oxygens (including phenoxy) is 3. The Labute approximate surface area is 184 Å². The fraction of sp³-hybridized carbons (Fsp3) is 0.417. The summed E-state index contributed by atoms with van der Waals surface area (Å²) >= 11 is 0. The van der Waals surface area contributed by atoms with Crippen LogP contribution in [0.3, 0.4) is 0 Å². The Balaban J connectivity index is 1.91. The molecule has 168 valence electrons.